The van der Waals surface area contributed by atoms with E-state index in [2.05, 4.69) is 0 Å². The van der Waals surface area contributed by atoms with Gasteiger partial charge in [-0.25, -0.2) is 0 Å². The smallest absolute Gasteiger partial charge is 0.308 e. The van der Waals surface area contributed by atoms with Crippen LogP contribution in [0.15, 0.2) is 24.3 Å². The maximum absolute atomic E-state index is 13.0. The highest BCUT2D eigenvalue weighted by atomic mass is 16.5. The summed E-state index contributed by atoms with van der Waals surface area (Å²) in [5.41, 5.74) is 0.717. The molecule has 0 spiro atoms. The number of rotatable bonds is 7. The van der Waals surface area contributed by atoms with Gasteiger partial charge in [-0.2, -0.15) is 0 Å². The van der Waals surface area contributed by atoms with Crippen molar-refractivity contribution in [2.45, 2.75) is 52.0 Å². The molecule has 1 aliphatic heterocycles. The monoisotopic (exact) mass is 373 g/mol. The van der Waals surface area contributed by atoms with E-state index in [1.54, 1.807) is 13.0 Å². The molecule has 0 aromatic heterocycles. The molecule has 0 bridgehead atoms. The summed E-state index contributed by atoms with van der Waals surface area (Å²) >= 11 is 0. The number of amides is 2. The summed E-state index contributed by atoms with van der Waals surface area (Å²) < 4.78 is 10.7. The van der Waals surface area contributed by atoms with Crippen LogP contribution in [0.2, 0.25) is 0 Å². The van der Waals surface area contributed by atoms with Crippen LogP contribution in [0.5, 0.6) is 5.75 Å². The number of carbonyl (C=O) groups excluding carboxylic acids is 3. The summed E-state index contributed by atoms with van der Waals surface area (Å²) in [7, 11) is 0. The van der Waals surface area contributed by atoms with Gasteiger partial charge >= 0.3 is 5.97 Å². The Hall–Kier alpha value is -2.37. The second kappa shape index (κ2) is 8.55. The first-order valence-electron chi connectivity index (χ1n) is 9.82. The van der Waals surface area contributed by atoms with E-state index < -0.39 is 12.0 Å². The van der Waals surface area contributed by atoms with E-state index in [-0.39, 0.29) is 36.7 Å². The molecular formula is C21H27NO5. The maximum Gasteiger partial charge on any atom is 0.308 e. The van der Waals surface area contributed by atoms with Crippen LogP contribution >= 0.6 is 0 Å². The number of likely N-dealkylation sites (tertiary alicyclic amines) is 1. The van der Waals surface area contributed by atoms with Gasteiger partial charge in [-0.1, -0.05) is 25.0 Å². The molecule has 6 heteroatoms. The van der Waals surface area contributed by atoms with E-state index in [4.69, 9.17) is 9.47 Å². The molecule has 2 amide bonds. The van der Waals surface area contributed by atoms with Crippen molar-refractivity contribution in [1.29, 1.82) is 0 Å². The highest BCUT2D eigenvalue weighted by Gasteiger charge is 2.51. The molecule has 146 valence electrons. The van der Waals surface area contributed by atoms with Crippen LogP contribution in [-0.4, -0.2) is 35.9 Å². The predicted molar refractivity (Wildman–Crippen MR) is 98.9 cm³/mol. The Morgan fingerprint density at radius 2 is 1.78 bits per heavy atom. The van der Waals surface area contributed by atoms with Crippen molar-refractivity contribution in [1.82, 2.24) is 4.90 Å². The minimum absolute atomic E-state index is 0.0413. The number of imide groups is 1. The number of hydrogen-bond donors (Lipinski definition) is 0. The first-order chi connectivity index (χ1) is 13.1. The Labute approximate surface area is 159 Å². The average molecular weight is 373 g/mol. The molecule has 3 unspecified atom stereocenters. The van der Waals surface area contributed by atoms with E-state index in [0.717, 1.165) is 25.7 Å². The van der Waals surface area contributed by atoms with Gasteiger partial charge in [0.15, 0.2) is 0 Å². The van der Waals surface area contributed by atoms with Crippen LogP contribution in [0.3, 0.4) is 0 Å². The lowest BCUT2D eigenvalue weighted by molar-refractivity contribution is -0.148. The first-order valence-corrected chi connectivity index (χ1v) is 9.82. The average Bonchev–Trinajstić information content (AvgIpc) is 2.92. The Morgan fingerprint density at radius 3 is 2.37 bits per heavy atom. The number of carbonyl (C=O) groups is 3. The van der Waals surface area contributed by atoms with Crippen molar-refractivity contribution < 1.29 is 23.9 Å². The van der Waals surface area contributed by atoms with Crippen molar-refractivity contribution in [3.05, 3.63) is 29.8 Å². The van der Waals surface area contributed by atoms with Crippen LogP contribution in [0.1, 0.15) is 57.6 Å². The zero-order valence-electron chi connectivity index (χ0n) is 16.0. The lowest BCUT2D eigenvalue weighted by Gasteiger charge is -2.27. The second-order valence-corrected chi connectivity index (χ2v) is 7.07. The summed E-state index contributed by atoms with van der Waals surface area (Å²) in [6.07, 6.45) is 3.39. The number of benzene rings is 1. The van der Waals surface area contributed by atoms with Gasteiger partial charge in [-0.15, -0.1) is 0 Å². The van der Waals surface area contributed by atoms with Crippen LogP contribution in [-0.2, 0) is 19.1 Å². The number of fused-ring (bicyclic) bond motifs is 1. The molecule has 27 heavy (non-hydrogen) atoms. The van der Waals surface area contributed by atoms with Crippen molar-refractivity contribution in [2.75, 3.05) is 13.2 Å². The van der Waals surface area contributed by atoms with Crippen molar-refractivity contribution >= 4 is 17.8 Å². The molecule has 3 atom stereocenters. The van der Waals surface area contributed by atoms with Gasteiger partial charge in [0.2, 0.25) is 11.8 Å². The van der Waals surface area contributed by atoms with E-state index >= 15 is 0 Å². The van der Waals surface area contributed by atoms with Gasteiger partial charge in [0.25, 0.3) is 0 Å². The summed E-state index contributed by atoms with van der Waals surface area (Å²) in [4.78, 5) is 39.6. The molecule has 1 saturated heterocycles. The quantitative estimate of drug-likeness (QED) is 0.542. The van der Waals surface area contributed by atoms with E-state index in [1.165, 1.54) is 4.90 Å². The van der Waals surface area contributed by atoms with Gasteiger partial charge in [0.05, 0.1) is 37.5 Å². The first kappa shape index (κ1) is 19.4. The molecule has 0 radical (unpaired) electrons. The van der Waals surface area contributed by atoms with Crippen LogP contribution < -0.4 is 4.74 Å². The number of ether oxygens (including phenoxy) is 2. The Bertz CT molecular complexity index is 692. The zero-order chi connectivity index (χ0) is 19.4. The van der Waals surface area contributed by atoms with Crippen LogP contribution in [0.25, 0.3) is 0 Å². The fraction of sp³-hybridized carbons (Fsp3) is 0.571. The van der Waals surface area contributed by atoms with E-state index in [9.17, 15) is 14.4 Å². The van der Waals surface area contributed by atoms with Gasteiger partial charge < -0.3 is 9.47 Å². The minimum Gasteiger partial charge on any atom is -0.494 e. The topological polar surface area (TPSA) is 72.9 Å². The number of hydrogen-bond acceptors (Lipinski definition) is 5. The molecule has 2 fully saturated rings. The third kappa shape index (κ3) is 3.99. The molecule has 0 N–H and O–H groups in total. The highest BCUT2D eigenvalue weighted by Crippen LogP contribution is 2.42. The Kier molecular flexibility index (Phi) is 6.14. The lowest BCUT2D eigenvalue weighted by atomic mass is 9.81. The summed E-state index contributed by atoms with van der Waals surface area (Å²) in [6.45, 7) is 4.40. The van der Waals surface area contributed by atoms with Crippen molar-refractivity contribution in [3.8, 4) is 5.75 Å². The fourth-order valence-corrected chi connectivity index (χ4v) is 4.21. The van der Waals surface area contributed by atoms with Crippen molar-refractivity contribution in [2.24, 2.45) is 11.8 Å². The zero-order valence-corrected chi connectivity index (χ0v) is 16.0. The molecule has 1 aliphatic carbocycles. The minimum atomic E-state index is -0.657. The second-order valence-electron chi connectivity index (χ2n) is 7.07. The maximum atomic E-state index is 13.0. The van der Waals surface area contributed by atoms with E-state index in [0.29, 0.717) is 17.9 Å². The number of nitrogens with zero attached hydrogens (tertiary/aromatic N) is 1. The van der Waals surface area contributed by atoms with Crippen molar-refractivity contribution in [3.63, 3.8) is 0 Å². The SMILES string of the molecule is CCOC(=O)CC(c1cccc(OCC)c1)N1C(=O)C2CCCCC2C1=O. The Balaban J connectivity index is 1.94. The molecule has 1 aromatic carbocycles. The highest BCUT2D eigenvalue weighted by molar-refractivity contribution is 6.05. The van der Waals surface area contributed by atoms with E-state index in [1.807, 2.05) is 25.1 Å². The van der Waals surface area contributed by atoms with Crippen LogP contribution in [0, 0.1) is 11.8 Å². The van der Waals surface area contributed by atoms with Gasteiger partial charge in [0.1, 0.15) is 5.75 Å². The normalized spacial score (nSPS) is 23.1. The molecule has 1 aromatic rings. The lowest BCUT2D eigenvalue weighted by Crippen LogP contribution is -2.36. The molecule has 1 saturated carbocycles. The Morgan fingerprint density at radius 1 is 1.11 bits per heavy atom. The molecular weight excluding hydrogens is 346 g/mol. The standard InChI is InChI=1S/C21H27NO5/c1-3-26-15-9-7-8-14(12-15)18(13-19(23)27-4-2)22-20(24)16-10-5-6-11-17(16)21(22)25/h7-9,12,16-18H,3-6,10-11,13H2,1-2H3. The third-order valence-electron chi connectivity index (χ3n) is 5.41. The summed E-state index contributed by atoms with van der Waals surface area (Å²) in [5, 5.41) is 0. The molecule has 3 rings (SSSR count). The summed E-state index contributed by atoms with van der Waals surface area (Å²) in [5.74, 6) is -0.557. The summed E-state index contributed by atoms with van der Waals surface area (Å²) in [6, 6.07) is 6.61. The largest absolute Gasteiger partial charge is 0.494 e. The molecule has 6 nitrogen and oxygen atoms in total. The molecule has 1 heterocycles. The van der Waals surface area contributed by atoms with Gasteiger partial charge in [0, 0.05) is 0 Å². The fourth-order valence-electron chi connectivity index (χ4n) is 4.21. The third-order valence-corrected chi connectivity index (χ3v) is 5.41. The van der Waals surface area contributed by atoms with Gasteiger partial charge in [-0.3, -0.25) is 19.3 Å². The van der Waals surface area contributed by atoms with Gasteiger partial charge in [-0.05, 0) is 44.4 Å². The number of esters is 1. The predicted octanol–water partition coefficient (Wildman–Crippen LogP) is 3.25. The van der Waals surface area contributed by atoms with Crippen LogP contribution in [0.4, 0.5) is 0 Å². The molecule has 2 aliphatic rings.